The Kier molecular flexibility index (Phi) is 3.85. The van der Waals surface area contributed by atoms with Crippen LogP contribution in [0.15, 0.2) is 42.5 Å². The van der Waals surface area contributed by atoms with E-state index in [4.69, 9.17) is 15.2 Å². The summed E-state index contributed by atoms with van der Waals surface area (Å²) in [4.78, 5) is 0. The first-order chi connectivity index (χ1) is 8.76. The number of rotatable bonds is 4. The molecule has 2 aromatic carbocycles. The van der Waals surface area contributed by atoms with Crippen LogP contribution in [0.2, 0.25) is 0 Å². The van der Waals surface area contributed by atoms with Crippen molar-refractivity contribution in [2.24, 2.45) is 5.73 Å². The molecule has 0 saturated heterocycles. The second kappa shape index (κ2) is 5.56. The zero-order valence-corrected chi connectivity index (χ0v) is 10.6. The van der Waals surface area contributed by atoms with Gasteiger partial charge in [0.1, 0.15) is 11.5 Å². The van der Waals surface area contributed by atoms with Crippen LogP contribution >= 0.6 is 0 Å². The Balaban J connectivity index is 2.48. The fourth-order valence-electron chi connectivity index (χ4n) is 1.85. The molecule has 0 saturated carbocycles. The standard InChI is InChI=1S/C15H17NO2/c1-17-14-7-13(8-15(9-14)18-2)12-5-3-4-11(6-12)10-16/h3-9H,10,16H2,1-2H3. The molecule has 0 aliphatic heterocycles. The van der Waals surface area contributed by atoms with Gasteiger partial charge in [-0.15, -0.1) is 0 Å². The first kappa shape index (κ1) is 12.5. The predicted molar refractivity (Wildman–Crippen MR) is 72.9 cm³/mol. The van der Waals surface area contributed by atoms with Crippen molar-refractivity contribution in [2.45, 2.75) is 6.54 Å². The van der Waals surface area contributed by atoms with Crippen LogP contribution in [-0.4, -0.2) is 14.2 Å². The molecular formula is C15H17NO2. The molecule has 0 amide bonds. The monoisotopic (exact) mass is 243 g/mol. The summed E-state index contributed by atoms with van der Waals surface area (Å²) in [6.07, 6.45) is 0. The maximum absolute atomic E-state index is 5.66. The summed E-state index contributed by atoms with van der Waals surface area (Å²) in [5, 5.41) is 0. The van der Waals surface area contributed by atoms with Crippen molar-refractivity contribution < 1.29 is 9.47 Å². The second-order valence-corrected chi connectivity index (χ2v) is 4.01. The summed E-state index contributed by atoms with van der Waals surface area (Å²) in [5.74, 6) is 1.56. The van der Waals surface area contributed by atoms with Crippen molar-refractivity contribution in [3.05, 3.63) is 48.0 Å². The van der Waals surface area contributed by atoms with Crippen LogP contribution in [-0.2, 0) is 6.54 Å². The van der Waals surface area contributed by atoms with Crippen molar-refractivity contribution in [1.29, 1.82) is 0 Å². The van der Waals surface area contributed by atoms with Crippen molar-refractivity contribution >= 4 is 0 Å². The van der Waals surface area contributed by atoms with Crippen molar-refractivity contribution in [3.8, 4) is 22.6 Å². The lowest BCUT2D eigenvalue weighted by atomic mass is 10.0. The first-order valence-corrected chi connectivity index (χ1v) is 5.79. The summed E-state index contributed by atoms with van der Waals surface area (Å²) in [7, 11) is 3.30. The minimum absolute atomic E-state index is 0.537. The fraction of sp³-hybridized carbons (Fsp3) is 0.200. The van der Waals surface area contributed by atoms with Gasteiger partial charge in [0.15, 0.2) is 0 Å². The molecule has 18 heavy (non-hydrogen) atoms. The maximum Gasteiger partial charge on any atom is 0.123 e. The highest BCUT2D eigenvalue weighted by atomic mass is 16.5. The van der Waals surface area contributed by atoms with Gasteiger partial charge in [-0.2, -0.15) is 0 Å². The van der Waals surface area contributed by atoms with Crippen LogP contribution < -0.4 is 15.2 Å². The lowest BCUT2D eigenvalue weighted by Crippen LogP contribution is -1.96. The lowest BCUT2D eigenvalue weighted by Gasteiger charge is -2.09. The number of benzene rings is 2. The molecule has 0 unspecified atom stereocenters. The first-order valence-electron chi connectivity index (χ1n) is 5.79. The Morgan fingerprint density at radius 2 is 1.56 bits per heavy atom. The van der Waals surface area contributed by atoms with E-state index in [-0.39, 0.29) is 0 Å². The molecule has 0 aromatic heterocycles. The third-order valence-electron chi connectivity index (χ3n) is 2.85. The van der Waals surface area contributed by atoms with Gasteiger partial charge >= 0.3 is 0 Å². The topological polar surface area (TPSA) is 44.5 Å². The van der Waals surface area contributed by atoms with Crippen LogP contribution in [0, 0.1) is 0 Å². The molecule has 0 radical (unpaired) electrons. The molecule has 0 aliphatic carbocycles. The Morgan fingerprint density at radius 3 is 2.11 bits per heavy atom. The highest BCUT2D eigenvalue weighted by Crippen LogP contribution is 2.30. The summed E-state index contributed by atoms with van der Waals surface area (Å²) in [5.41, 5.74) is 8.93. The van der Waals surface area contributed by atoms with Gasteiger partial charge in [-0.3, -0.25) is 0 Å². The highest BCUT2D eigenvalue weighted by molar-refractivity contribution is 5.67. The quantitative estimate of drug-likeness (QED) is 0.898. The van der Waals surface area contributed by atoms with Crippen LogP contribution in [0.3, 0.4) is 0 Å². The molecule has 0 atom stereocenters. The van der Waals surface area contributed by atoms with Crippen molar-refractivity contribution in [2.75, 3.05) is 14.2 Å². The van der Waals surface area contributed by atoms with Crippen molar-refractivity contribution in [3.63, 3.8) is 0 Å². The van der Waals surface area contributed by atoms with Crippen LogP contribution in [0.4, 0.5) is 0 Å². The molecule has 2 aromatic rings. The fourth-order valence-corrected chi connectivity index (χ4v) is 1.85. The predicted octanol–water partition coefficient (Wildman–Crippen LogP) is 2.83. The van der Waals surface area contributed by atoms with E-state index in [1.807, 2.05) is 36.4 Å². The van der Waals surface area contributed by atoms with E-state index in [0.29, 0.717) is 6.54 Å². The zero-order chi connectivity index (χ0) is 13.0. The molecule has 0 bridgehead atoms. The number of methoxy groups -OCH3 is 2. The molecule has 0 spiro atoms. The highest BCUT2D eigenvalue weighted by Gasteiger charge is 2.04. The average Bonchev–Trinajstić information content (AvgIpc) is 2.46. The van der Waals surface area contributed by atoms with E-state index in [1.54, 1.807) is 14.2 Å². The van der Waals surface area contributed by atoms with E-state index in [2.05, 4.69) is 6.07 Å². The number of nitrogens with two attached hydrogens (primary N) is 1. The average molecular weight is 243 g/mol. The third-order valence-corrected chi connectivity index (χ3v) is 2.85. The van der Waals surface area contributed by atoms with E-state index >= 15 is 0 Å². The maximum atomic E-state index is 5.66. The molecule has 0 aliphatic rings. The van der Waals surface area contributed by atoms with E-state index in [1.165, 1.54) is 0 Å². The van der Waals surface area contributed by atoms with Crippen LogP contribution in [0.1, 0.15) is 5.56 Å². The second-order valence-electron chi connectivity index (χ2n) is 4.01. The summed E-state index contributed by atoms with van der Waals surface area (Å²) in [6, 6.07) is 14.0. The Hall–Kier alpha value is -2.00. The van der Waals surface area contributed by atoms with Gasteiger partial charge in [0.2, 0.25) is 0 Å². The Labute approximate surface area is 107 Å². The smallest absolute Gasteiger partial charge is 0.123 e. The normalized spacial score (nSPS) is 10.2. The summed E-state index contributed by atoms with van der Waals surface area (Å²) < 4.78 is 10.5. The van der Waals surface area contributed by atoms with Crippen LogP contribution in [0.25, 0.3) is 11.1 Å². The lowest BCUT2D eigenvalue weighted by molar-refractivity contribution is 0.394. The molecule has 3 heteroatoms. The molecule has 2 rings (SSSR count). The van der Waals surface area contributed by atoms with Crippen LogP contribution in [0.5, 0.6) is 11.5 Å². The van der Waals surface area contributed by atoms with Crippen molar-refractivity contribution in [1.82, 2.24) is 0 Å². The van der Waals surface area contributed by atoms with Gasteiger partial charge in [-0.1, -0.05) is 18.2 Å². The van der Waals surface area contributed by atoms with Gasteiger partial charge in [0, 0.05) is 12.6 Å². The van der Waals surface area contributed by atoms with E-state index in [9.17, 15) is 0 Å². The number of hydrogen-bond donors (Lipinski definition) is 1. The molecular weight excluding hydrogens is 226 g/mol. The minimum Gasteiger partial charge on any atom is -0.497 e. The third kappa shape index (κ3) is 2.63. The van der Waals surface area contributed by atoms with E-state index in [0.717, 1.165) is 28.2 Å². The zero-order valence-electron chi connectivity index (χ0n) is 10.6. The Morgan fingerprint density at radius 1 is 0.889 bits per heavy atom. The van der Waals surface area contributed by atoms with Gasteiger partial charge in [-0.05, 0) is 34.9 Å². The summed E-state index contributed by atoms with van der Waals surface area (Å²) in [6.45, 7) is 0.537. The Bertz CT molecular complexity index is 516. The number of ether oxygens (including phenoxy) is 2. The summed E-state index contributed by atoms with van der Waals surface area (Å²) >= 11 is 0. The largest absolute Gasteiger partial charge is 0.497 e. The minimum atomic E-state index is 0.537. The van der Waals surface area contributed by atoms with Gasteiger partial charge in [0.25, 0.3) is 0 Å². The van der Waals surface area contributed by atoms with Gasteiger partial charge < -0.3 is 15.2 Å². The van der Waals surface area contributed by atoms with Gasteiger partial charge in [-0.25, -0.2) is 0 Å². The SMILES string of the molecule is COc1cc(OC)cc(-c2cccc(CN)c2)c1. The molecule has 2 N–H and O–H groups in total. The molecule has 94 valence electrons. The van der Waals surface area contributed by atoms with Gasteiger partial charge in [0.05, 0.1) is 14.2 Å². The molecule has 0 heterocycles. The number of hydrogen-bond acceptors (Lipinski definition) is 3. The van der Waals surface area contributed by atoms with E-state index < -0.39 is 0 Å². The molecule has 0 fully saturated rings. The molecule has 3 nitrogen and oxygen atoms in total.